The van der Waals surface area contributed by atoms with E-state index in [1.54, 1.807) is 18.9 Å². The predicted octanol–water partition coefficient (Wildman–Crippen LogP) is 7.27. The highest BCUT2D eigenvalue weighted by Gasteiger charge is 2.45. The lowest BCUT2D eigenvalue weighted by Gasteiger charge is -2.41. The highest BCUT2D eigenvalue weighted by atomic mass is 16.6. The number of piperidine rings is 1. The van der Waals surface area contributed by atoms with Gasteiger partial charge in [0.05, 0.1) is 12.5 Å². The van der Waals surface area contributed by atoms with Crippen molar-refractivity contribution in [2.75, 3.05) is 64.6 Å². The zero-order chi connectivity index (χ0) is 37.5. The molecule has 3 aromatic rings. The second-order valence-electron chi connectivity index (χ2n) is 15.4. The van der Waals surface area contributed by atoms with Crippen LogP contribution in [0, 0.1) is 5.92 Å². The molecule has 3 atom stereocenters. The second kappa shape index (κ2) is 17.1. The Morgan fingerprint density at radius 3 is 2.40 bits per heavy atom. The smallest absolute Gasteiger partial charge is 0.410 e. The summed E-state index contributed by atoms with van der Waals surface area (Å²) in [6, 6.07) is 24.8. The predicted molar refractivity (Wildman–Crippen MR) is 205 cm³/mol. The summed E-state index contributed by atoms with van der Waals surface area (Å²) < 4.78 is 21.7. The first-order valence-corrected chi connectivity index (χ1v) is 19.1. The summed E-state index contributed by atoms with van der Waals surface area (Å²) in [5, 5.41) is 0. The van der Waals surface area contributed by atoms with E-state index in [-0.39, 0.29) is 36.5 Å². The Hall–Kier alpha value is -4.57. The summed E-state index contributed by atoms with van der Waals surface area (Å²) >= 11 is 0. The summed E-state index contributed by atoms with van der Waals surface area (Å²) in [7, 11) is 1.74. The number of carbonyl (C=O) groups excluding carboxylic acids is 3. The number of hydrogen-bond acceptors (Lipinski definition) is 8. The van der Waals surface area contributed by atoms with Crippen molar-refractivity contribution in [3.8, 4) is 16.9 Å². The zero-order valence-corrected chi connectivity index (χ0v) is 31.9. The molecule has 0 N–H and O–H groups in total. The minimum atomic E-state index is -0.633. The highest BCUT2D eigenvalue weighted by molar-refractivity contribution is 5.82. The molecular formula is C43H55N3O7. The Kier molecular flexibility index (Phi) is 12.3. The molecule has 2 aliphatic heterocycles. The van der Waals surface area contributed by atoms with E-state index in [2.05, 4.69) is 52.3 Å². The standard InChI is InChI=1S/C43H55N3O7/c1-6-51-40(47)29-52-35-19-15-30(16-20-35)31-11-9-12-32(25-31)36-21-23-45(42(49)53-43(2,3)4)28-38(36)41(48)46(34-17-18-34)27-33-26-44(22-10-24-50-5)39-14-8-7-13-37(33)39/h7-9,11-16,19-20,25,33-34,36,38H,6,10,17-18,21-24,26-29H2,1-5H3/t33?,36-,38+/m1/s1. The van der Waals surface area contributed by atoms with Crippen molar-refractivity contribution in [2.24, 2.45) is 5.92 Å². The minimum absolute atomic E-state index is 0.0732. The van der Waals surface area contributed by atoms with Gasteiger partial charge in [0.1, 0.15) is 11.4 Å². The first-order chi connectivity index (χ1) is 25.5. The molecule has 3 aliphatic rings. The summed E-state index contributed by atoms with van der Waals surface area (Å²) in [5.41, 5.74) is 5.02. The molecule has 284 valence electrons. The molecule has 53 heavy (non-hydrogen) atoms. The number of methoxy groups -OCH3 is 1. The van der Waals surface area contributed by atoms with Gasteiger partial charge in [0.25, 0.3) is 0 Å². The number of anilines is 1. The van der Waals surface area contributed by atoms with Crippen LogP contribution in [0.3, 0.4) is 0 Å². The molecular weight excluding hydrogens is 670 g/mol. The number of para-hydroxylation sites is 1. The number of hydrogen-bond donors (Lipinski definition) is 0. The first kappa shape index (κ1) is 38.2. The molecule has 10 heteroatoms. The molecule has 0 radical (unpaired) electrons. The Morgan fingerprint density at radius 2 is 1.68 bits per heavy atom. The van der Waals surface area contributed by atoms with Crippen LogP contribution in [0.25, 0.3) is 11.1 Å². The SMILES string of the molecule is CCOC(=O)COc1ccc(-c2cccc([C@H]3CCN(C(=O)OC(C)(C)C)C[C@@H]3C(=O)N(CC3CN(CCCOC)c4ccccc43)C3CC3)c2)cc1. The fourth-order valence-electron chi connectivity index (χ4n) is 7.74. The van der Waals surface area contributed by atoms with Gasteiger partial charge in [0.2, 0.25) is 5.91 Å². The quantitative estimate of drug-likeness (QED) is 0.127. The maximum Gasteiger partial charge on any atom is 0.410 e. The molecule has 1 aliphatic carbocycles. The van der Waals surface area contributed by atoms with Crippen LogP contribution in [0.4, 0.5) is 10.5 Å². The molecule has 1 saturated carbocycles. The molecule has 2 fully saturated rings. The van der Waals surface area contributed by atoms with Gasteiger partial charge in [0.15, 0.2) is 6.61 Å². The lowest BCUT2D eigenvalue weighted by atomic mass is 9.78. The number of rotatable bonds is 14. The van der Waals surface area contributed by atoms with E-state index in [0.717, 1.165) is 49.0 Å². The van der Waals surface area contributed by atoms with Gasteiger partial charge >= 0.3 is 12.1 Å². The Labute approximate surface area is 314 Å². The minimum Gasteiger partial charge on any atom is -0.482 e. The normalized spacial score (nSPS) is 19.8. The third-order valence-corrected chi connectivity index (χ3v) is 10.4. The number of esters is 1. The molecule has 0 spiro atoms. The van der Waals surface area contributed by atoms with Crippen molar-refractivity contribution in [1.82, 2.24) is 9.80 Å². The maximum atomic E-state index is 15.0. The van der Waals surface area contributed by atoms with Crippen LogP contribution in [0.1, 0.15) is 76.3 Å². The molecule has 2 heterocycles. The molecule has 6 rings (SSSR count). The monoisotopic (exact) mass is 725 g/mol. The average molecular weight is 726 g/mol. The van der Waals surface area contributed by atoms with Crippen LogP contribution in [-0.2, 0) is 23.8 Å². The van der Waals surface area contributed by atoms with Crippen molar-refractivity contribution >= 4 is 23.7 Å². The number of fused-ring (bicyclic) bond motifs is 1. The van der Waals surface area contributed by atoms with E-state index in [1.807, 2.05) is 51.1 Å². The summed E-state index contributed by atoms with van der Waals surface area (Å²) in [4.78, 5) is 46.5. The Morgan fingerprint density at radius 1 is 0.906 bits per heavy atom. The largest absolute Gasteiger partial charge is 0.482 e. The van der Waals surface area contributed by atoms with Crippen LogP contribution >= 0.6 is 0 Å². The number of carbonyl (C=O) groups is 3. The Balaban J connectivity index is 1.24. The van der Waals surface area contributed by atoms with E-state index in [0.29, 0.717) is 45.0 Å². The fraction of sp³-hybridized carbons (Fsp3) is 0.512. The van der Waals surface area contributed by atoms with Gasteiger partial charge in [-0.15, -0.1) is 0 Å². The van der Waals surface area contributed by atoms with Crippen molar-refractivity contribution in [3.63, 3.8) is 0 Å². The molecule has 1 saturated heterocycles. The van der Waals surface area contributed by atoms with Gasteiger partial charge < -0.3 is 33.6 Å². The second-order valence-corrected chi connectivity index (χ2v) is 15.4. The molecule has 1 unspecified atom stereocenters. The Bertz CT molecular complexity index is 1720. The number of ether oxygens (including phenoxy) is 4. The van der Waals surface area contributed by atoms with Gasteiger partial charge in [-0.05, 0) is 99.7 Å². The summed E-state index contributed by atoms with van der Waals surface area (Å²) in [6.07, 6.45) is 3.22. The first-order valence-electron chi connectivity index (χ1n) is 19.1. The number of nitrogens with zero attached hydrogens (tertiary/aromatic N) is 3. The topological polar surface area (TPSA) is 97.9 Å². The van der Waals surface area contributed by atoms with Gasteiger partial charge in [-0.25, -0.2) is 9.59 Å². The fourth-order valence-corrected chi connectivity index (χ4v) is 7.74. The van der Waals surface area contributed by atoms with Crippen LogP contribution < -0.4 is 9.64 Å². The molecule has 2 amide bonds. The number of amides is 2. The molecule has 0 aromatic heterocycles. The third kappa shape index (κ3) is 9.71. The van der Waals surface area contributed by atoms with Crippen LogP contribution in [0.2, 0.25) is 0 Å². The van der Waals surface area contributed by atoms with Crippen LogP contribution in [0.5, 0.6) is 5.75 Å². The highest BCUT2D eigenvalue weighted by Crippen LogP contribution is 2.42. The molecule has 10 nitrogen and oxygen atoms in total. The van der Waals surface area contributed by atoms with Gasteiger partial charge in [-0.2, -0.15) is 0 Å². The van der Waals surface area contributed by atoms with Crippen molar-refractivity contribution < 1.29 is 33.3 Å². The third-order valence-electron chi connectivity index (χ3n) is 10.4. The van der Waals surface area contributed by atoms with Gasteiger partial charge in [0, 0.05) is 64.1 Å². The summed E-state index contributed by atoms with van der Waals surface area (Å²) in [6.45, 7) is 11.5. The van der Waals surface area contributed by atoms with Gasteiger partial charge in [-0.3, -0.25) is 4.79 Å². The van der Waals surface area contributed by atoms with E-state index >= 15 is 4.79 Å². The molecule has 0 bridgehead atoms. The average Bonchev–Trinajstić information content (AvgIpc) is 3.94. The van der Waals surface area contributed by atoms with E-state index in [9.17, 15) is 9.59 Å². The van der Waals surface area contributed by atoms with Crippen molar-refractivity contribution in [3.05, 3.63) is 83.9 Å². The van der Waals surface area contributed by atoms with E-state index < -0.39 is 17.5 Å². The van der Waals surface area contributed by atoms with E-state index in [1.165, 1.54) is 11.3 Å². The maximum absolute atomic E-state index is 15.0. The van der Waals surface area contributed by atoms with Crippen LogP contribution in [0.15, 0.2) is 72.8 Å². The lowest BCUT2D eigenvalue weighted by Crippen LogP contribution is -2.51. The zero-order valence-electron chi connectivity index (χ0n) is 31.9. The number of likely N-dealkylation sites (tertiary alicyclic amines) is 1. The van der Waals surface area contributed by atoms with Crippen molar-refractivity contribution in [1.29, 1.82) is 0 Å². The summed E-state index contributed by atoms with van der Waals surface area (Å²) in [5.74, 6) is 0.0150. The lowest BCUT2D eigenvalue weighted by molar-refractivity contribution is -0.145. The molecule has 3 aromatic carbocycles. The van der Waals surface area contributed by atoms with Crippen molar-refractivity contribution in [2.45, 2.75) is 76.9 Å². The van der Waals surface area contributed by atoms with E-state index in [4.69, 9.17) is 18.9 Å². The van der Waals surface area contributed by atoms with Gasteiger partial charge in [-0.1, -0.05) is 54.6 Å². The van der Waals surface area contributed by atoms with Crippen LogP contribution in [-0.4, -0.2) is 99.1 Å². The number of benzene rings is 3.